The van der Waals surface area contributed by atoms with Crippen LogP contribution in [0.3, 0.4) is 0 Å². The molecule has 0 bridgehead atoms. The van der Waals surface area contributed by atoms with Gasteiger partial charge in [0, 0.05) is 36.6 Å². The quantitative estimate of drug-likeness (QED) is 0.824. The monoisotopic (exact) mass is 370 g/mol. The molecule has 0 radical (unpaired) electrons. The highest BCUT2D eigenvalue weighted by molar-refractivity contribution is 6.35. The van der Waals surface area contributed by atoms with Crippen LogP contribution < -0.4 is 0 Å². The van der Waals surface area contributed by atoms with Crippen molar-refractivity contribution in [1.82, 2.24) is 9.80 Å². The second-order valence-electron chi connectivity index (χ2n) is 6.58. The number of carbonyl (C=O) groups excluding carboxylic acids is 2. The third kappa shape index (κ3) is 3.25. The van der Waals surface area contributed by atoms with E-state index in [0.29, 0.717) is 48.9 Å². The number of benzene rings is 1. The molecule has 2 aliphatic heterocycles. The topological polar surface area (TPSA) is 60.9 Å². The molecule has 0 unspecified atom stereocenters. The fraction of sp³-hybridized carbons (Fsp3) is 0.529. The molecular weight excluding hydrogens is 351 g/mol. The van der Waals surface area contributed by atoms with E-state index in [0.717, 1.165) is 11.1 Å². The van der Waals surface area contributed by atoms with Crippen LogP contribution in [0.1, 0.15) is 30.9 Å². The minimum atomic E-state index is -1.51. The highest BCUT2D eigenvalue weighted by Gasteiger charge is 2.44. The second kappa shape index (κ2) is 6.54. The molecule has 130 valence electrons. The Morgan fingerprint density at radius 3 is 2.67 bits per heavy atom. The Balaban J connectivity index is 1.79. The third-order valence-corrected chi connectivity index (χ3v) is 5.41. The number of carbonyl (C=O) groups is 2. The van der Waals surface area contributed by atoms with Crippen molar-refractivity contribution in [2.24, 2.45) is 0 Å². The Morgan fingerprint density at radius 1 is 1.21 bits per heavy atom. The smallest absolute Gasteiger partial charge is 0.256 e. The molecular formula is C17H20Cl2N2O3. The first-order chi connectivity index (χ1) is 11.3. The summed E-state index contributed by atoms with van der Waals surface area (Å²) in [5.74, 6) is -0.451. The minimum Gasteiger partial charge on any atom is -0.378 e. The number of hydrogen-bond donors (Lipinski definition) is 1. The molecule has 1 N–H and O–H groups in total. The van der Waals surface area contributed by atoms with Crippen LogP contribution in [0.15, 0.2) is 12.1 Å². The van der Waals surface area contributed by atoms with Gasteiger partial charge in [0.2, 0.25) is 5.91 Å². The van der Waals surface area contributed by atoms with Crippen LogP contribution in [-0.4, -0.2) is 52.0 Å². The maximum Gasteiger partial charge on any atom is 0.256 e. The predicted octanol–water partition coefficient (Wildman–Crippen LogP) is 2.25. The number of hydrogen-bond acceptors (Lipinski definition) is 3. The molecule has 0 spiro atoms. The van der Waals surface area contributed by atoms with Gasteiger partial charge in [0.25, 0.3) is 5.91 Å². The number of nitrogens with zero attached hydrogens (tertiary/aromatic N) is 2. The van der Waals surface area contributed by atoms with Gasteiger partial charge >= 0.3 is 0 Å². The molecule has 0 aliphatic carbocycles. The van der Waals surface area contributed by atoms with E-state index in [1.807, 2.05) is 6.07 Å². The lowest BCUT2D eigenvalue weighted by Gasteiger charge is -2.41. The summed E-state index contributed by atoms with van der Waals surface area (Å²) in [6.07, 6.45) is 1.63. The van der Waals surface area contributed by atoms with E-state index in [2.05, 4.69) is 0 Å². The molecule has 3 rings (SSSR count). The minimum absolute atomic E-state index is 0.0544. The van der Waals surface area contributed by atoms with Crippen LogP contribution in [0.25, 0.3) is 0 Å². The lowest BCUT2D eigenvalue weighted by atomic mass is 9.89. The lowest BCUT2D eigenvalue weighted by molar-refractivity contribution is -0.160. The van der Waals surface area contributed by atoms with Crippen LogP contribution in [0, 0.1) is 0 Å². The Morgan fingerprint density at radius 2 is 1.96 bits per heavy atom. The first-order valence-electron chi connectivity index (χ1n) is 8.04. The summed E-state index contributed by atoms with van der Waals surface area (Å²) in [7, 11) is 0. The molecule has 1 aromatic rings. The number of piperidine rings is 1. The van der Waals surface area contributed by atoms with E-state index in [-0.39, 0.29) is 18.4 Å². The van der Waals surface area contributed by atoms with Gasteiger partial charge in [-0.25, -0.2) is 0 Å². The van der Waals surface area contributed by atoms with E-state index < -0.39 is 5.60 Å². The molecule has 1 atom stereocenters. The van der Waals surface area contributed by atoms with E-state index in [1.165, 1.54) is 11.8 Å². The largest absolute Gasteiger partial charge is 0.378 e. The molecule has 2 amide bonds. The van der Waals surface area contributed by atoms with Gasteiger partial charge in [-0.3, -0.25) is 9.59 Å². The van der Waals surface area contributed by atoms with Crippen molar-refractivity contribution in [3.63, 3.8) is 0 Å². The molecule has 1 aromatic carbocycles. The van der Waals surface area contributed by atoms with Gasteiger partial charge in [0.15, 0.2) is 5.60 Å². The molecule has 1 saturated heterocycles. The van der Waals surface area contributed by atoms with E-state index in [9.17, 15) is 14.7 Å². The SMILES string of the molecule is CC(=O)N1CCC[C@@](O)(C(=O)N2CCc3cc(Cl)cc(Cl)c3C2)C1. The average Bonchev–Trinajstić information content (AvgIpc) is 2.53. The zero-order valence-electron chi connectivity index (χ0n) is 13.5. The summed E-state index contributed by atoms with van der Waals surface area (Å²) in [5.41, 5.74) is 0.404. The van der Waals surface area contributed by atoms with Crippen molar-refractivity contribution < 1.29 is 14.7 Å². The van der Waals surface area contributed by atoms with Crippen molar-refractivity contribution in [1.29, 1.82) is 0 Å². The Kier molecular flexibility index (Phi) is 4.78. The number of amides is 2. The average molecular weight is 371 g/mol. The lowest BCUT2D eigenvalue weighted by Crippen LogP contribution is -2.59. The Bertz CT molecular complexity index is 695. The summed E-state index contributed by atoms with van der Waals surface area (Å²) >= 11 is 12.3. The fourth-order valence-corrected chi connectivity index (χ4v) is 4.12. The van der Waals surface area contributed by atoms with Gasteiger partial charge in [0.1, 0.15) is 0 Å². The van der Waals surface area contributed by atoms with Crippen molar-refractivity contribution in [3.05, 3.63) is 33.3 Å². The molecule has 0 aromatic heterocycles. The first kappa shape index (κ1) is 17.5. The molecule has 5 nitrogen and oxygen atoms in total. The standard InChI is InChI=1S/C17H20Cl2N2O3/c1-11(22)21-5-2-4-17(24,10-21)16(23)20-6-3-12-7-13(18)8-15(19)14(12)9-20/h7-8,24H,2-6,9-10H2,1H3/t17-/m0/s1. The van der Waals surface area contributed by atoms with Crippen LogP contribution in [0.2, 0.25) is 10.0 Å². The molecule has 1 fully saturated rings. The maximum atomic E-state index is 12.9. The second-order valence-corrected chi connectivity index (χ2v) is 7.42. The predicted molar refractivity (Wildman–Crippen MR) is 92.0 cm³/mol. The summed E-state index contributed by atoms with van der Waals surface area (Å²) in [6.45, 7) is 2.95. The van der Waals surface area contributed by atoms with Gasteiger partial charge in [-0.15, -0.1) is 0 Å². The van der Waals surface area contributed by atoms with Gasteiger partial charge in [-0.1, -0.05) is 23.2 Å². The highest BCUT2D eigenvalue weighted by atomic mass is 35.5. The van der Waals surface area contributed by atoms with E-state index in [1.54, 1.807) is 11.0 Å². The Hall–Kier alpha value is -1.30. The molecule has 7 heteroatoms. The summed E-state index contributed by atoms with van der Waals surface area (Å²) < 4.78 is 0. The molecule has 2 heterocycles. The zero-order valence-corrected chi connectivity index (χ0v) is 15.0. The van der Waals surface area contributed by atoms with Crippen LogP contribution in [0.5, 0.6) is 0 Å². The third-order valence-electron chi connectivity index (χ3n) is 4.85. The van der Waals surface area contributed by atoms with Crippen LogP contribution in [-0.2, 0) is 22.6 Å². The van der Waals surface area contributed by atoms with Gasteiger partial charge in [-0.2, -0.15) is 0 Å². The normalized spacial score (nSPS) is 23.8. The van der Waals surface area contributed by atoms with Crippen molar-refractivity contribution in [2.45, 2.75) is 38.3 Å². The van der Waals surface area contributed by atoms with Crippen LogP contribution in [0.4, 0.5) is 0 Å². The van der Waals surface area contributed by atoms with Gasteiger partial charge in [-0.05, 0) is 42.5 Å². The number of halogens is 2. The van der Waals surface area contributed by atoms with E-state index in [4.69, 9.17) is 23.2 Å². The van der Waals surface area contributed by atoms with Gasteiger partial charge < -0.3 is 14.9 Å². The fourth-order valence-electron chi connectivity index (χ4n) is 3.53. The van der Waals surface area contributed by atoms with Crippen LogP contribution >= 0.6 is 23.2 Å². The summed E-state index contributed by atoms with van der Waals surface area (Å²) in [4.78, 5) is 27.7. The van der Waals surface area contributed by atoms with Crippen molar-refractivity contribution >= 4 is 35.0 Å². The van der Waals surface area contributed by atoms with Crippen molar-refractivity contribution in [3.8, 4) is 0 Å². The zero-order chi connectivity index (χ0) is 17.5. The number of rotatable bonds is 1. The summed E-state index contributed by atoms with van der Waals surface area (Å²) in [5, 5.41) is 12.0. The summed E-state index contributed by atoms with van der Waals surface area (Å²) in [6, 6.07) is 3.54. The number of fused-ring (bicyclic) bond motifs is 1. The first-order valence-corrected chi connectivity index (χ1v) is 8.80. The maximum absolute atomic E-state index is 12.9. The molecule has 24 heavy (non-hydrogen) atoms. The van der Waals surface area contributed by atoms with Gasteiger partial charge in [0.05, 0.1) is 6.54 Å². The number of β-amino-alcohol motifs (C(OH)–C–C–N with tert-alkyl or cyclic N) is 1. The highest BCUT2D eigenvalue weighted by Crippen LogP contribution is 2.32. The molecule has 2 aliphatic rings. The molecule has 0 saturated carbocycles. The number of aliphatic hydroxyl groups is 1. The number of likely N-dealkylation sites (tertiary alicyclic amines) is 1. The van der Waals surface area contributed by atoms with E-state index >= 15 is 0 Å². The Labute approximate surface area is 151 Å². The van der Waals surface area contributed by atoms with Crippen molar-refractivity contribution in [2.75, 3.05) is 19.6 Å².